The first kappa shape index (κ1) is 13.4. The molecule has 3 aromatic rings. The van der Waals surface area contributed by atoms with Crippen molar-refractivity contribution < 1.29 is 4.74 Å². The molecule has 0 aliphatic heterocycles. The number of benzene rings is 2. The smallest absolute Gasteiger partial charge is 0.221 e. The number of alkyl halides is 1. The normalized spacial score (nSPS) is 11.1. The van der Waals surface area contributed by atoms with Crippen molar-refractivity contribution in [3.63, 3.8) is 0 Å². The molecule has 102 valence electrons. The third kappa shape index (κ3) is 2.63. The van der Waals surface area contributed by atoms with Crippen LogP contribution in [-0.2, 0) is 0 Å². The lowest BCUT2D eigenvalue weighted by molar-refractivity contribution is 0.303. The second-order valence-electron chi connectivity index (χ2n) is 4.72. The molecule has 3 rings (SSSR count). The van der Waals surface area contributed by atoms with Gasteiger partial charge in [0.05, 0.1) is 12.1 Å². The number of hydrogen-bond donors (Lipinski definition) is 0. The number of fused-ring (bicyclic) bond motifs is 3. The van der Waals surface area contributed by atoms with Crippen molar-refractivity contribution in [2.75, 3.05) is 11.9 Å². The largest absolute Gasteiger partial charge is 0.477 e. The SMILES string of the molecule is BrCCCCOc1nc2ccccc2c2ccccc12. The van der Waals surface area contributed by atoms with E-state index in [-0.39, 0.29) is 0 Å². The Bertz CT molecular complexity index is 726. The maximum absolute atomic E-state index is 5.90. The minimum Gasteiger partial charge on any atom is -0.477 e. The monoisotopic (exact) mass is 329 g/mol. The van der Waals surface area contributed by atoms with E-state index in [1.165, 1.54) is 10.8 Å². The average molecular weight is 330 g/mol. The number of halogens is 1. The molecule has 0 amide bonds. The Morgan fingerprint density at radius 2 is 1.55 bits per heavy atom. The standard InChI is InChI=1S/C17H16BrNO/c18-11-5-6-12-20-17-15-9-2-1-7-13(15)14-8-3-4-10-16(14)19-17/h1-4,7-10H,5-6,11-12H2. The molecule has 0 atom stereocenters. The van der Waals surface area contributed by atoms with Gasteiger partial charge in [0.1, 0.15) is 0 Å². The molecule has 0 unspecified atom stereocenters. The summed E-state index contributed by atoms with van der Waals surface area (Å²) in [5.74, 6) is 0.744. The van der Waals surface area contributed by atoms with Gasteiger partial charge in [0.2, 0.25) is 5.88 Å². The summed E-state index contributed by atoms with van der Waals surface area (Å²) in [5, 5.41) is 4.48. The lowest BCUT2D eigenvalue weighted by atomic mass is 10.1. The van der Waals surface area contributed by atoms with Crippen LogP contribution < -0.4 is 4.74 Å². The van der Waals surface area contributed by atoms with E-state index in [0.29, 0.717) is 6.61 Å². The van der Waals surface area contributed by atoms with E-state index in [1.54, 1.807) is 0 Å². The molecule has 2 aromatic carbocycles. The maximum atomic E-state index is 5.90. The first-order valence-electron chi connectivity index (χ1n) is 6.86. The van der Waals surface area contributed by atoms with Crippen molar-refractivity contribution in [1.82, 2.24) is 4.98 Å². The van der Waals surface area contributed by atoms with E-state index in [9.17, 15) is 0 Å². The fourth-order valence-corrected chi connectivity index (χ4v) is 2.74. The number of para-hydroxylation sites is 1. The summed E-state index contributed by atoms with van der Waals surface area (Å²) in [4.78, 5) is 4.67. The highest BCUT2D eigenvalue weighted by Gasteiger charge is 2.08. The summed E-state index contributed by atoms with van der Waals surface area (Å²) in [7, 11) is 0. The average Bonchev–Trinajstić information content (AvgIpc) is 2.51. The second-order valence-corrected chi connectivity index (χ2v) is 5.52. The maximum Gasteiger partial charge on any atom is 0.221 e. The molecule has 0 spiro atoms. The van der Waals surface area contributed by atoms with Crippen LogP contribution in [-0.4, -0.2) is 16.9 Å². The molecular formula is C17H16BrNO. The third-order valence-corrected chi connectivity index (χ3v) is 3.90. The van der Waals surface area contributed by atoms with Crippen molar-refractivity contribution >= 4 is 37.6 Å². The molecule has 1 heterocycles. The summed E-state index contributed by atoms with van der Waals surface area (Å²) >= 11 is 3.44. The first-order chi connectivity index (χ1) is 9.90. The van der Waals surface area contributed by atoms with Crippen LogP contribution in [0, 0.1) is 0 Å². The van der Waals surface area contributed by atoms with Crippen LogP contribution in [0.5, 0.6) is 5.88 Å². The Kier molecular flexibility index (Phi) is 4.16. The minimum atomic E-state index is 0.709. The lowest BCUT2D eigenvalue weighted by Gasteiger charge is -2.10. The topological polar surface area (TPSA) is 22.1 Å². The molecule has 3 heteroatoms. The Morgan fingerprint density at radius 3 is 2.35 bits per heavy atom. The molecule has 0 aliphatic rings. The zero-order valence-electron chi connectivity index (χ0n) is 11.2. The Hall–Kier alpha value is -1.61. The number of ether oxygens (including phenoxy) is 1. The fraction of sp³-hybridized carbons (Fsp3) is 0.235. The molecule has 20 heavy (non-hydrogen) atoms. The van der Waals surface area contributed by atoms with Crippen LogP contribution >= 0.6 is 15.9 Å². The van der Waals surface area contributed by atoms with Gasteiger partial charge in [-0.3, -0.25) is 0 Å². The molecule has 0 radical (unpaired) electrons. The predicted octanol–water partition coefficient (Wildman–Crippen LogP) is 4.94. The zero-order chi connectivity index (χ0) is 13.8. The number of nitrogens with zero attached hydrogens (tertiary/aromatic N) is 1. The number of rotatable bonds is 5. The van der Waals surface area contributed by atoms with Crippen molar-refractivity contribution in [2.45, 2.75) is 12.8 Å². The van der Waals surface area contributed by atoms with Crippen molar-refractivity contribution in [2.24, 2.45) is 0 Å². The van der Waals surface area contributed by atoms with Crippen LogP contribution in [0.4, 0.5) is 0 Å². The second kappa shape index (κ2) is 6.23. The van der Waals surface area contributed by atoms with Crippen LogP contribution in [0.15, 0.2) is 48.5 Å². The lowest BCUT2D eigenvalue weighted by Crippen LogP contribution is -2.00. The molecule has 0 N–H and O–H groups in total. The molecule has 0 bridgehead atoms. The van der Waals surface area contributed by atoms with Gasteiger partial charge in [0.15, 0.2) is 0 Å². The summed E-state index contributed by atoms with van der Waals surface area (Å²) in [6, 6.07) is 16.5. The highest BCUT2D eigenvalue weighted by molar-refractivity contribution is 9.09. The summed E-state index contributed by atoms with van der Waals surface area (Å²) < 4.78 is 5.90. The third-order valence-electron chi connectivity index (χ3n) is 3.34. The molecular weight excluding hydrogens is 314 g/mol. The van der Waals surface area contributed by atoms with Crippen molar-refractivity contribution in [3.05, 3.63) is 48.5 Å². The molecule has 2 nitrogen and oxygen atoms in total. The number of pyridine rings is 1. The fourth-order valence-electron chi connectivity index (χ4n) is 2.35. The van der Waals surface area contributed by atoms with E-state index >= 15 is 0 Å². The summed E-state index contributed by atoms with van der Waals surface area (Å²) in [5.41, 5.74) is 0.988. The summed E-state index contributed by atoms with van der Waals surface area (Å²) in [6.07, 6.45) is 2.15. The van der Waals surface area contributed by atoms with Gasteiger partial charge in [-0.25, -0.2) is 4.98 Å². The van der Waals surface area contributed by atoms with Crippen molar-refractivity contribution in [1.29, 1.82) is 0 Å². The van der Waals surface area contributed by atoms with Gasteiger partial charge in [0.25, 0.3) is 0 Å². The van der Waals surface area contributed by atoms with Crippen LogP contribution in [0.25, 0.3) is 21.7 Å². The summed E-state index contributed by atoms with van der Waals surface area (Å²) in [6.45, 7) is 0.709. The van der Waals surface area contributed by atoms with Crippen LogP contribution in [0.1, 0.15) is 12.8 Å². The van der Waals surface area contributed by atoms with E-state index < -0.39 is 0 Å². The Balaban J connectivity index is 2.05. The zero-order valence-corrected chi connectivity index (χ0v) is 12.8. The van der Waals surface area contributed by atoms with Gasteiger partial charge >= 0.3 is 0 Å². The molecule has 1 aromatic heterocycles. The van der Waals surface area contributed by atoms with Crippen LogP contribution in [0.2, 0.25) is 0 Å². The van der Waals surface area contributed by atoms with Gasteiger partial charge in [-0.2, -0.15) is 0 Å². The molecule has 0 aliphatic carbocycles. The first-order valence-corrected chi connectivity index (χ1v) is 7.98. The number of aromatic nitrogens is 1. The molecule has 0 saturated carbocycles. The molecule has 0 fully saturated rings. The predicted molar refractivity (Wildman–Crippen MR) is 87.8 cm³/mol. The van der Waals surface area contributed by atoms with Crippen LogP contribution in [0.3, 0.4) is 0 Å². The number of unbranched alkanes of at least 4 members (excludes halogenated alkanes) is 1. The van der Waals surface area contributed by atoms with E-state index in [4.69, 9.17) is 4.74 Å². The van der Waals surface area contributed by atoms with Gasteiger partial charge in [-0.15, -0.1) is 0 Å². The van der Waals surface area contributed by atoms with Gasteiger partial charge in [-0.1, -0.05) is 52.3 Å². The minimum absolute atomic E-state index is 0.709. The quantitative estimate of drug-likeness (QED) is 0.375. The van der Waals surface area contributed by atoms with Gasteiger partial charge in [-0.05, 0) is 30.4 Å². The van der Waals surface area contributed by atoms with Crippen molar-refractivity contribution in [3.8, 4) is 5.88 Å². The van der Waals surface area contributed by atoms with E-state index in [2.05, 4.69) is 45.2 Å². The highest BCUT2D eigenvalue weighted by Crippen LogP contribution is 2.30. The molecule has 0 saturated heterocycles. The van der Waals surface area contributed by atoms with E-state index in [1.807, 2.05) is 24.3 Å². The highest BCUT2D eigenvalue weighted by atomic mass is 79.9. The van der Waals surface area contributed by atoms with Gasteiger partial charge < -0.3 is 4.74 Å². The number of hydrogen-bond acceptors (Lipinski definition) is 2. The van der Waals surface area contributed by atoms with E-state index in [0.717, 1.165) is 35.0 Å². The Labute approximate surface area is 126 Å². The van der Waals surface area contributed by atoms with Gasteiger partial charge in [0, 0.05) is 16.1 Å². The Morgan fingerprint density at radius 1 is 0.850 bits per heavy atom.